The van der Waals surface area contributed by atoms with Crippen molar-refractivity contribution in [2.24, 2.45) is 17.6 Å². The summed E-state index contributed by atoms with van der Waals surface area (Å²) in [6.45, 7) is 4.61. The van der Waals surface area contributed by atoms with E-state index in [2.05, 4.69) is 11.8 Å². The van der Waals surface area contributed by atoms with Crippen LogP contribution in [0.3, 0.4) is 0 Å². The highest BCUT2D eigenvalue weighted by Crippen LogP contribution is 2.36. The van der Waals surface area contributed by atoms with Gasteiger partial charge in [0.15, 0.2) is 0 Å². The summed E-state index contributed by atoms with van der Waals surface area (Å²) >= 11 is 0. The van der Waals surface area contributed by atoms with Gasteiger partial charge in [0.1, 0.15) is 0 Å². The molecule has 3 N–H and O–H groups in total. The number of hydrogen-bond acceptors (Lipinski definition) is 3. The number of rotatable bonds is 4. The summed E-state index contributed by atoms with van der Waals surface area (Å²) in [5.74, 6) is 1.53. The smallest absolute Gasteiger partial charge is 0.0586 e. The number of hydrogen-bond donors (Lipinski definition) is 2. The second-order valence-electron chi connectivity index (χ2n) is 5.87. The van der Waals surface area contributed by atoms with Crippen molar-refractivity contribution in [3.63, 3.8) is 0 Å². The molecule has 0 bridgehead atoms. The average Bonchev–Trinajstić information content (AvgIpc) is 2.86. The molecule has 0 amide bonds. The molecule has 1 saturated carbocycles. The minimum atomic E-state index is 0.324. The zero-order valence-electron chi connectivity index (χ0n) is 11.1. The van der Waals surface area contributed by atoms with Crippen LogP contribution >= 0.6 is 0 Å². The molecule has 100 valence electrons. The Hall–Kier alpha value is -0.120. The lowest BCUT2D eigenvalue weighted by molar-refractivity contribution is 0.0485. The maximum atomic E-state index is 9.48. The van der Waals surface area contributed by atoms with Crippen LogP contribution < -0.4 is 5.73 Å². The molecule has 3 nitrogen and oxygen atoms in total. The zero-order valence-corrected chi connectivity index (χ0v) is 11.1. The topological polar surface area (TPSA) is 49.5 Å². The van der Waals surface area contributed by atoms with Crippen LogP contribution in [-0.4, -0.2) is 41.8 Å². The molecule has 1 saturated heterocycles. The Kier molecular flexibility index (Phi) is 4.83. The van der Waals surface area contributed by atoms with Crippen LogP contribution in [0.4, 0.5) is 0 Å². The van der Waals surface area contributed by atoms with Gasteiger partial charge in [-0.15, -0.1) is 0 Å². The van der Waals surface area contributed by atoms with Gasteiger partial charge in [0.05, 0.1) is 6.61 Å². The first-order chi connectivity index (χ1) is 8.30. The lowest BCUT2D eigenvalue weighted by Gasteiger charge is -2.43. The fourth-order valence-corrected chi connectivity index (χ4v) is 3.84. The third-order valence-corrected chi connectivity index (χ3v) is 5.00. The van der Waals surface area contributed by atoms with Gasteiger partial charge >= 0.3 is 0 Å². The van der Waals surface area contributed by atoms with Crippen LogP contribution in [-0.2, 0) is 0 Å². The second kappa shape index (κ2) is 6.17. The first-order valence-corrected chi connectivity index (χ1v) is 7.36. The maximum absolute atomic E-state index is 9.48. The first-order valence-electron chi connectivity index (χ1n) is 7.36. The summed E-state index contributed by atoms with van der Waals surface area (Å²) < 4.78 is 0. The summed E-state index contributed by atoms with van der Waals surface area (Å²) in [6.07, 6.45) is 7.65. The largest absolute Gasteiger partial charge is 0.395 e. The van der Waals surface area contributed by atoms with Crippen molar-refractivity contribution in [2.45, 2.75) is 57.5 Å². The molecule has 1 heterocycles. The average molecular weight is 240 g/mol. The minimum absolute atomic E-state index is 0.324. The lowest BCUT2D eigenvalue weighted by atomic mass is 9.76. The van der Waals surface area contributed by atoms with Crippen LogP contribution in [0.1, 0.15) is 45.4 Å². The van der Waals surface area contributed by atoms with Gasteiger partial charge in [-0.3, -0.25) is 4.90 Å². The Morgan fingerprint density at radius 2 is 2.12 bits per heavy atom. The summed E-state index contributed by atoms with van der Waals surface area (Å²) in [4.78, 5) is 2.57. The van der Waals surface area contributed by atoms with E-state index < -0.39 is 0 Å². The molecule has 1 aliphatic heterocycles. The summed E-state index contributed by atoms with van der Waals surface area (Å²) in [7, 11) is 0. The monoisotopic (exact) mass is 240 g/mol. The van der Waals surface area contributed by atoms with Gasteiger partial charge < -0.3 is 10.8 Å². The minimum Gasteiger partial charge on any atom is -0.395 e. The van der Waals surface area contributed by atoms with Crippen molar-refractivity contribution in [1.29, 1.82) is 0 Å². The highest BCUT2D eigenvalue weighted by Gasteiger charge is 2.37. The molecule has 0 aromatic heterocycles. The molecule has 4 atom stereocenters. The van der Waals surface area contributed by atoms with E-state index in [0.29, 0.717) is 24.6 Å². The predicted molar refractivity (Wildman–Crippen MR) is 70.8 cm³/mol. The van der Waals surface area contributed by atoms with Crippen molar-refractivity contribution in [3.8, 4) is 0 Å². The quantitative estimate of drug-likeness (QED) is 0.784. The molecule has 3 heteroatoms. The summed E-state index contributed by atoms with van der Waals surface area (Å²) in [5.41, 5.74) is 5.95. The van der Waals surface area contributed by atoms with Gasteiger partial charge in [-0.1, -0.05) is 19.8 Å². The molecule has 2 fully saturated rings. The van der Waals surface area contributed by atoms with Crippen LogP contribution in [0, 0.1) is 11.8 Å². The van der Waals surface area contributed by atoms with E-state index in [1.807, 2.05) is 0 Å². The van der Waals surface area contributed by atoms with Crippen molar-refractivity contribution in [3.05, 3.63) is 0 Å². The van der Waals surface area contributed by atoms with Gasteiger partial charge in [0.25, 0.3) is 0 Å². The van der Waals surface area contributed by atoms with Gasteiger partial charge in [-0.25, -0.2) is 0 Å². The molecular weight excluding hydrogens is 212 g/mol. The molecule has 1 aliphatic carbocycles. The fraction of sp³-hybridized carbons (Fsp3) is 1.00. The Labute approximate surface area is 105 Å². The Bertz CT molecular complexity index is 234. The van der Waals surface area contributed by atoms with Crippen LogP contribution in [0.15, 0.2) is 0 Å². The normalized spacial score (nSPS) is 39.7. The van der Waals surface area contributed by atoms with Crippen molar-refractivity contribution < 1.29 is 5.11 Å². The van der Waals surface area contributed by atoms with E-state index in [4.69, 9.17) is 5.73 Å². The van der Waals surface area contributed by atoms with E-state index in [-0.39, 0.29) is 0 Å². The lowest BCUT2D eigenvalue weighted by Crippen LogP contribution is -2.49. The highest BCUT2D eigenvalue weighted by atomic mass is 16.3. The molecular formula is C14H28N2O. The number of nitrogens with zero attached hydrogens (tertiary/aromatic N) is 1. The Morgan fingerprint density at radius 1 is 1.29 bits per heavy atom. The third-order valence-electron chi connectivity index (χ3n) is 5.00. The number of likely N-dealkylation sites (tertiary alicyclic amines) is 1. The Balaban J connectivity index is 2.03. The second-order valence-corrected chi connectivity index (χ2v) is 5.87. The molecule has 0 aromatic rings. The van der Waals surface area contributed by atoms with Crippen molar-refractivity contribution in [1.82, 2.24) is 4.90 Å². The molecule has 2 rings (SSSR count). The van der Waals surface area contributed by atoms with E-state index >= 15 is 0 Å². The van der Waals surface area contributed by atoms with E-state index in [1.165, 1.54) is 45.1 Å². The van der Waals surface area contributed by atoms with Crippen molar-refractivity contribution >= 4 is 0 Å². The van der Waals surface area contributed by atoms with Gasteiger partial charge in [-0.05, 0) is 50.6 Å². The maximum Gasteiger partial charge on any atom is 0.0586 e. The van der Waals surface area contributed by atoms with E-state index in [9.17, 15) is 5.11 Å². The summed E-state index contributed by atoms with van der Waals surface area (Å²) in [5, 5.41) is 9.48. The van der Waals surface area contributed by atoms with Crippen LogP contribution in [0.2, 0.25) is 0 Å². The SMILES string of the molecule is CCC1CCC(CN)C(N2CCCC2CO)C1. The van der Waals surface area contributed by atoms with E-state index in [1.54, 1.807) is 0 Å². The molecule has 17 heavy (non-hydrogen) atoms. The van der Waals surface area contributed by atoms with Crippen molar-refractivity contribution in [2.75, 3.05) is 19.7 Å². The predicted octanol–water partition coefficient (Wildman–Crippen LogP) is 1.60. The molecule has 0 aromatic carbocycles. The molecule has 0 spiro atoms. The number of aliphatic hydroxyl groups is 1. The first kappa shape index (κ1) is 13.3. The fourth-order valence-electron chi connectivity index (χ4n) is 3.84. The molecule has 4 unspecified atom stereocenters. The zero-order chi connectivity index (χ0) is 12.3. The molecule has 2 aliphatic rings. The summed E-state index contributed by atoms with van der Waals surface area (Å²) in [6, 6.07) is 1.04. The van der Waals surface area contributed by atoms with Gasteiger partial charge in [-0.2, -0.15) is 0 Å². The van der Waals surface area contributed by atoms with E-state index in [0.717, 1.165) is 12.5 Å². The Morgan fingerprint density at radius 3 is 2.76 bits per heavy atom. The van der Waals surface area contributed by atoms with Crippen LogP contribution in [0.25, 0.3) is 0 Å². The van der Waals surface area contributed by atoms with Crippen LogP contribution in [0.5, 0.6) is 0 Å². The van der Waals surface area contributed by atoms with Gasteiger partial charge in [0.2, 0.25) is 0 Å². The van der Waals surface area contributed by atoms with Gasteiger partial charge in [0, 0.05) is 12.1 Å². The standard InChI is InChI=1S/C14H28N2O/c1-2-11-5-6-12(9-15)14(8-11)16-7-3-4-13(16)10-17/h11-14,17H,2-10,15H2,1H3. The third kappa shape index (κ3) is 2.83. The number of nitrogens with two attached hydrogens (primary N) is 1. The highest BCUT2D eigenvalue weighted by molar-refractivity contribution is 4.92. The number of aliphatic hydroxyl groups excluding tert-OH is 1. The molecule has 0 radical (unpaired) electrons.